The maximum absolute atomic E-state index is 11.6. The Hall–Kier alpha value is -2.01. The Morgan fingerprint density at radius 2 is 1.94 bits per heavy atom. The predicted octanol–water partition coefficient (Wildman–Crippen LogP) is 2.41. The van der Waals surface area contributed by atoms with E-state index in [9.17, 15) is 20.0 Å². The van der Waals surface area contributed by atoms with Crippen molar-refractivity contribution >= 4 is 11.5 Å². The molecule has 0 saturated heterocycles. The van der Waals surface area contributed by atoms with Crippen LogP contribution in [0.2, 0.25) is 0 Å². The molecule has 96 valence electrons. The molecule has 0 aromatic heterocycles. The SMILES string of the molecule is C/C=C/C(=O)[C@H](C)[C@@H](O)c1ccc([N+](=O)[O-])cc1. The highest BCUT2D eigenvalue weighted by Crippen LogP contribution is 2.24. The molecule has 1 N–H and O–H groups in total. The Labute approximate surface area is 105 Å². The minimum Gasteiger partial charge on any atom is -0.388 e. The number of hydrogen-bond acceptors (Lipinski definition) is 4. The van der Waals surface area contributed by atoms with Crippen molar-refractivity contribution in [3.8, 4) is 0 Å². The molecule has 0 amide bonds. The van der Waals surface area contributed by atoms with Crippen molar-refractivity contribution in [3.63, 3.8) is 0 Å². The maximum Gasteiger partial charge on any atom is 0.269 e. The van der Waals surface area contributed by atoms with Crippen LogP contribution in [0, 0.1) is 16.0 Å². The van der Waals surface area contributed by atoms with E-state index in [0.29, 0.717) is 5.56 Å². The number of carbonyl (C=O) groups is 1. The van der Waals surface area contributed by atoms with Gasteiger partial charge in [0.25, 0.3) is 5.69 Å². The summed E-state index contributed by atoms with van der Waals surface area (Å²) in [6.45, 7) is 3.34. The van der Waals surface area contributed by atoms with Gasteiger partial charge in [0.1, 0.15) is 0 Å². The van der Waals surface area contributed by atoms with Crippen LogP contribution in [-0.4, -0.2) is 15.8 Å². The molecule has 0 fully saturated rings. The van der Waals surface area contributed by atoms with Gasteiger partial charge in [-0.2, -0.15) is 0 Å². The molecule has 0 radical (unpaired) electrons. The first-order valence-electron chi connectivity index (χ1n) is 5.56. The molecule has 1 aromatic carbocycles. The summed E-state index contributed by atoms with van der Waals surface area (Å²) in [6, 6.07) is 5.54. The molecule has 5 heteroatoms. The molecule has 0 aliphatic carbocycles. The van der Waals surface area contributed by atoms with E-state index in [1.807, 2.05) is 0 Å². The second-order valence-electron chi connectivity index (χ2n) is 3.98. The predicted molar refractivity (Wildman–Crippen MR) is 67.0 cm³/mol. The number of benzene rings is 1. The van der Waals surface area contributed by atoms with Gasteiger partial charge in [-0.25, -0.2) is 0 Å². The smallest absolute Gasteiger partial charge is 0.269 e. The van der Waals surface area contributed by atoms with Gasteiger partial charge in [-0.1, -0.05) is 13.0 Å². The van der Waals surface area contributed by atoms with E-state index in [1.165, 1.54) is 30.3 Å². The number of carbonyl (C=O) groups excluding carboxylic acids is 1. The van der Waals surface area contributed by atoms with Crippen LogP contribution in [0.3, 0.4) is 0 Å². The van der Waals surface area contributed by atoms with E-state index in [1.54, 1.807) is 19.9 Å². The summed E-state index contributed by atoms with van der Waals surface area (Å²) in [6.07, 6.45) is 2.05. The lowest BCUT2D eigenvalue weighted by Crippen LogP contribution is -2.17. The van der Waals surface area contributed by atoms with Gasteiger partial charge in [-0.15, -0.1) is 0 Å². The third kappa shape index (κ3) is 3.24. The average molecular weight is 249 g/mol. The van der Waals surface area contributed by atoms with Crippen LogP contribution in [0.15, 0.2) is 36.4 Å². The molecular weight excluding hydrogens is 234 g/mol. The standard InChI is InChI=1S/C13H15NO4/c1-3-4-12(15)9(2)13(16)10-5-7-11(8-6-10)14(17)18/h3-9,13,16H,1-2H3/b4-3+/t9-,13+/m0/s1. The number of nitrogens with zero attached hydrogens (tertiary/aromatic N) is 1. The van der Waals surface area contributed by atoms with Crippen molar-refractivity contribution in [1.29, 1.82) is 0 Å². The monoisotopic (exact) mass is 249 g/mol. The van der Waals surface area contributed by atoms with Gasteiger partial charge in [0, 0.05) is 18.1 Å². The van der Waals surface area contributed by atoms with Gasteiger partial charge in [-0.05, 0) is 30.7 Å². The van der Waals surface area contributed by atoms with Crippen LogP contribution in [0.1, 0.15) is 25.5 Å². The first-order chi connectivity index (χ1) is 8.47. The van der Waals surface area contributed by atoms with Gasteiger partial charge < -0.3 is 5.11 Å². The molecule has 18 heavy (non-hydrogen) atoms. The molecule has 1 aromatic rings. The quantitative estimate of drug-likeness (QED) is 0.493. The van der Waals surface area contributed by atoms with Crippen molar-refractivity contribution in [2.45, 2.75) is 20.0 Å². The van der Waals surface area contributed by atoms with Crippen LogP contribution >= 0.6 is 0 Å². The first-order valence-corrected chi connectivity index (χ1v) is 5.56. The largest absolute Gasteiger partial charge is 0.388 e. The fourth-order valence-electron chi connectivity index (χ4n) is 1.55. The van der Waals surface area contributed by atoms with Gasteiger partial charge >= 0.3 is 0 Å². The molecule has 1 rings (SSSR count). The van der Waals surface area contributed by atoms with Crippen molar-refractivity contribution in [1.82, 2.24) is 0 Å². The van der Waals surface area contributed by atoms with Crippen LogP contribution in [0.25, 0.3) is 0 Å². The lowest BCUT2D eigenvalue weighted by atomic mass is 9.93. The molecule has 0 unspecified atom stereocenters. The highest BCUT2D eigenvalue weighted by Gasteiger charge is 2.22. The summed E-state index contributed by atoms with van der Waals surface area (Å²) in [7, 11) is 0. The van der Waals surface area contributed by atoms with Gasteiger partial charge in [0.15, 0.2) is 5.78 Å². The molecule has 0 saturated carbocycles. The van der Waals surface area contributed by atoms with Crippen molar-refractivity contribution < 1.29 is 14.8 Å². The number of allylic oxidation sites excluding steroid dienone is 2. The zero-order valence-electron chi connectivity index (χ0n) is 10.2. The number of rotatable bonds is 5. The molecule has 0 aliphatic heterocycles. The molecule has 5 nitrogen and oxygen atoms in total. The Morgan fingerprint density at radius 3 is 2.39 bits per heavy atom. The Bertz CT molecular complexity index is 464. The Balaban J connectivity index is 2.87. The average Bonchev–Trinajstić information content (AvgIpc) is 2.37. The summed E-state index contributed by atoms with van der Waals surface area (Å²) in [5, 5.41) is 20.5. The zero-order valence-corrected chi connectivity index (χ0v) is 10.2. The number of nitro groups is 1. The van der Waals surface area contributed by atoms with E-state index in [0.717, 1.165) is 0 Å². The van der Waals surface area contributed by atoms with E-state index in [2.05, 4.69) is 0 Å². The lowest BCUT2D eigenvalue weighted by Gasteiger charge is -2.16. The van der Waals surface area contributed by atoms with Crippen LogP contribution < -0.4 is 0 Å². The number of nitro benzene ring substituents is 1. The maximum atomic E-state index is 11.6. The molecule has 2 atom stereocenters. The van der Waals surface area contributed by atoms with E-state index in [4.69, 9.17) is 0 Å². The van der Waals surface area contributed by atoms with Gasteiger partial charge in [-0.3, -0.25) is 14.9 Å². The zero-order chi connectivity index (χ0) is 13.7. The topological polar surface area (TPSA) is 80.4 Å². The van der Waals surface area contributed by atoms with Crippen LogP contribution in [0.4, 0.5) is 5.69 Å². The summed E-state index contributed by atoms with van der Waals surface area (Å²) >= 11 is 0. The molecule has 0 bridgehead atoms. The molecular formula is C13H15NO4. The molecule has 0 aliphatic rings. The van der Waals surface area contributed by atoms with E-state index >= 15 is 0 Å². The summed E-state index contributed by atoms with van der Waals surface area (Å²) in [5.74, 6) is -0.758. The highest BCUT2D eigenvalue weighted by molar-refractivity contribution is 5.91. The normalized spacial score (nSPS) is 14.4. The fourth-order valence-corrected chi connectivity index (χ4v) is 1.55. The van der Waals surface area contributed by atoms with Crippen LogP contribution in [0.5, 0.6) is 0 Å². The fraction of sp³-hybridized carbons (Fsp3) is 0.308. The van der Waals surface area contributed by atoms with Crippen molar-refractivity contribution in [2.24, 2.45) is 5.92 Å². The molecule has 0 spiro atoms. The third-order valence-corrected chi connectivity index (χ3v) is 2.70. The van der Waals surface area contributed by atoms with Crippen molar-refractivity contribution in [2.75, 3.05) is 0 Å². The number of aliphatic hydroxyl groups excluding tert-OH is 1. The second-order valence-corrected chi connectivity index (χ2v) is 3.98. The number of ketones is 1. The van der Waals surface area contributed by atoms with Crippen LogP contribution in [-0.2, 0) is 4.79 Å². The summed E-state index contributed by atoms with van der Waals surface area (Å²) < 4.78 is 0. The Kier molecular flexibility index (Phi) is 4.74. The second kappa shape index (κ2) is 6.07. The van der Waals surface area contributed by atoms with Gasteiger partial charge in [0.2, 0.25) is 0 Å². The minimum atomic E-state index is -0.963. The number of hydrogen-bond donors (Lipinski definition) is 1. The lowest BCUT2D eigenvalue weighted by molar-refractivity contribution is -0.384. The highest BCUT2D eigenvalue weighted by atomic mass is 16.6. The Morgan fingerprint density at radius 1 is 1.39 bits per heavy atom. The van der Waals surface area contributed by atoms with Crippen molar-refractivity contribution in [3.05, 3.63) is 52.1 Å². The third-order valence-electron chi connectivity index (χ3n) is 2.70. The summed E-state index contributed by atoms with van der Waals surface area (Å²) in [4.78, 5) is 21.6. The van der Waals surface area contributed by atoms with Gasteiger partial charge in [0.05, 0.1) is 11.0 Å². The van der Waals surface area contributed by atoms with E-state index in [-0.39, 0.29) is 11.5 Å². The minimum absolute atomic E-state index is 0.0432. The molecule has 0 heterocycles. The number of aliphatic hydroxyl groups is 1. The first kappa shape index (κ1) is 14.1. The summed E-state index contributed by atoms with van der Waals surface area (Å²) in [5.41, 5.74) is 0.448. The number of non-ortho nitro benzene ring substituents is 1. The van der Waals surface area contributed by atoms with E-state index < -0.39 is 16.9 Å².